The number of benzene rings is 2. The highest BCUT2D eigenvalue weighted by Gasteiger charge is 2.14. The first-order valence-electron chi connectivity index (χ1n) is 9.35. The lowest BCUT2D eigenvalue weighted by molar-refractivity contribution is -0.116. The van der Waals surface area contributed by atoms with Gasteiger partial charge in [0.05, 0.1) is 11.4 Å². The maximum atomic E-state index is 13.6. The molecule has 1 aromatic heterocycles. The highest BCUT2D eigenvalue weighted by molar-refractivity contribution is 7.99. The van der Waals surface area contributed by atoms with E-state index in [0.717, 1.165) is 11.3 Å². The van der Waals surface area contributed by atoms with Crippen LogP contribution in [0.5, 0.6) is 0 Å². The SMILES string of the molecule is Cc1ccccc1NC(=O)CSc1nnc(CCC(=O)Nc2ccccc2F)n1C. The summed E-state index contributed by atoms with van der Waals surface area (Å²) in [6.07, 6.45) is 0.485. The van der Waals surface area contributed by atoms with E-state index in [2.05, 4.69) is 20.8 Å². The van der Waals surface area contributed by atoms with Gasteiger partial charge in [-0.05, 0) is 30.7 Å². The molecule has 3 rings (SSSR count). The molecule has 2 N–H and O–H groups in total. The van der Waals surface area contributed by atoms with Gasteiger partial charge in [-0.2, -0.15) is 0 Å². The lowest BCUT2D eigenvalue weighted by Crippen LogP contribution is -2.15. The molecule has 0 aliphatic heterocycles. The Bertz CT molecular complexity index is 972. The second-order valence-corrected chi connectivity index (χ2v) is 7.58. The number of halogens is 1. The number of nitrogens with zero attached hydrogens (tertiary/aromatic N) is 3. The molecule has 0 unspecified atom stereocenters. The molecule has 0 fully saturated rings. The van der Waals surface area contributed by atoms with Gasteiger partial charge in [0.15, 0.2) is 5.16 Å². The monoisotopic (exact) mass is 427 g/mol. The van der Waals surface area contributed by atoms with Crippen molar-refractivity contribution in [3.63, 3.8) is 0 Å². The molecule has 156 valence electrons. The number of para-hydroxylation sites is 2. The van der Waals surface area contributed by atoms with Crippen molar-refractivity contribution in [2.45, 2.75) is 24.9 Å². The number of carbonyl (C=O) groups is 2. The molecule has 2 amide bonds. The van der Waals surface area contributed by atoms with Crippen molar-refractivity contribution < 1.29 is 14.0 Å². The van der Waals surface area contributed by atoms with E-state index in [1.807, 2.05) is 31.2 Å². The Morgan fingerprint density at radius 1 is 1.00 bits per heavy atom. The van der Waals surface area contributed by atoms with Crippen LogP contribution in [0.15, 0.2) is 53.7 Å². The molecule has 0 saturated carbocycles. The van der Waals surface area contributed by atoms with Crippen LogP contribution in [0.2, 0.25) is 0 Å². The minimum atomic E-state index is -0.479. The molecule has 9 heteroatoms. The van der Waals surface area contributed by atoms with Gasteiger partial charge >= 0.3 is 0 Å². The van der Waals surface area contributed by atoms with E-state index in [1.54, 1.807) is 23.7 Å². The molecule has 0 saturated heterocycles. The maximum Gasteiger partial charge on any atom is 0.234 e. The summed E-state index contributed by atoms with van der Waals surface area (Å²) in [6.45, 7) is 1.93. The second-order valence-electron chi connectivity index (χ2n) is 6.64. The zero-order chi connectivity index (χ0) is 21.5. The number of amides is 2. The van der Waals surface area contributed by atoms with Gasteiger partial charge in [-0.15, -0.1) is 10.2 Å². The standard InChI is InChI=1S/C21H22FN5O2S/c1-14-7-3-5-9-16(14)23-20(29)13-30-21-26-25-18(27(21)2)11-12-19(28)24-17-10-6-4-8-15(17)22/h3-10H,11-13H2,1-2H3,(H,23,29)(H,24,28). The molecule has 0 radical (unpaired) electrons. The number of hydrogen-bond acceptors (Lipinski definition) is 5. The van der Waals surface area contributed by atoms with E-state index in [4.69, 9.17) is 0 Å². The Labute approximate surface area is 178 Å². The number of aromatic nitrogens is 3. The molecule has 2 aromatic carbocycles. The minimum absolute atomic E-state index is 0.136. The van der Waals surface area contributed by atoms with Gasteiger partial charge < -0.3 is 15.2 Å². The summed E-state index contributed by atoms with van der Waals surface area (Å²) in [7, 11) is 1.78. The van der Waals surface area contributed by atoms with Gasteiger partial charge in [-0.3, -0.25) is 9.59 Å². The quantitative estimate of drug-likeness (QED) is 0.537. The van der Waals surface area contributed by atoms with Crippen LogP contribution in [0.4, 0.5) is 15.8 Å². The first-order valence-corrected chi connectivity index (χ1v) is 10.3. The largest absolute Gasteiger partial charge is 0.325 e. The maximum absolute atomic E-state index is 13.6. The van der Waals surface area contributed by atoms with E-state index in [-0.39, 0.29) is 29.7 Å². The lowest BCUT2D eigenvalue weighted by Gasteiger charge is -2.08. The number of thioether (sulfide) groups is 1. The summed E-state index contributed by atoms with van der Waals surface area (Å²) in [4.78, 5) is 24.3. The first-order chi connectivity index (χ1) is 14.4. The third kappa shape index (κ3) is 5.66. The Morgan fingerprint density at radius 2 is 1.67 bits per heavy atom. The van der Waals surface area contributed by atoms with Crippen LogP contribution in [-0.2, 0) is 23.1 Å². The van der Waals surface area contributed by atoms with Crippen LogP contribution in [0, 0.1) is 12.7 Å². The Kier molecular flexibility index (Phi) is 7.18. The molecule has 1 heterocycles. The zero-order valence-corrected chi connectivity index (χ0v) is 17.5. The molecule has 0 atom stereocenters. The molecule has 0 aliphatic rings. The van der Waals surface area contributed by atoms with Crippen molar-refractivity contribution in [3.8, 4) is 0 Å². The number of aryl methyl sites for hydroxylation is 2. The highest BCUT2D eigenvalue weighted by atomic mass is 32.2. The number of anilines is 2. The fourth-order valence-corrected chi connectivity index (χ4v) is 3.45. The number of nitrogens with one attached hydrogen (secondary N) is 2. The Hall–Kier alpha value is -3.20. The fourth-order valence-electron chi connectivity index (χ4n) is 2.72. The minimum Gasteiger partial charge on any atom is -0.325 e. The third-order valence-corrected chi connectivity index (χ3v) is 5.42. The normalized spacial score (nSPS) is 10.6. The summed E-state index contributed by atoms with van der Waals surface area (Å²) in [5.41, 5.74) is 1.92. The van der Waals surface area contributed by atoms with Crippen LogP contribution in [0.3, 0.4) is 0 Å². The summed E-state index contributed by atoms with van der Waals surface area (Å²) in [6, 6.07) is 13.6. The van der Waals surface area contributed by atoms with Crippen molar-refractivity contribution in [1.82, 2.24) is 14.8 Å². The third-order valence-electron chi connectivity index (χ3n) is 4.40. The molecule has 30 heavy (non-hydrogen) atoms. The van der Waals surface area contributed by atoms with Crippen molar-refractivity contribution in [1.29, 1.82) is 0 Å². The molecule has 0 spiro atoms. The van der Waals surface area contributed by atoms with E-state index in [9.17, 15) is 14.0 Å². The van der Waals surface area contributed by atoms with Crippen LogP contribution < -0.4 is 10.6 Å². The van der Waals surface area contributed by atoms with Crippen LogP contribution in [-0.4, -0.2) is 32.3 Å². The van der Waals surface area contributed by atoms with E-state index in [0.29, 0.717) is 17.4 Å². The average molecular weight is 428 g/mol. The predicted octanol–water partition coefficient (Wildman–Crippen LogP) is 3.56. The predicted molar refractivity (Wildman–Crippen MR) is 115 cm³/mol. The van der Waals surface area contributed by atoms with Crippen molar-refractivity contribution >= 4 is 35.0 Å². The number of rotatable bonds is 8. The number of carbonyl (C=O) groups excluding carboxylic acids is 2. The first kappa shape index (κ1) is 21.5. The molecule has 7 nitrogen and oxygen atoms in total. The Morgan fingerprint density at radius 3 is 2.40 bits per heavy atom. The van der Waals surface area contributed by atoms with Crippen molar-refractivity contribution in [2.24, 2.45) is 7.05 Å². The van der Waals surface area contributed by atoms with Gasteiger partial charge in [0.2, 0.25) is 11.8 Å². The molecule has 0 bridgehead atoms. The number of hydrogen-bond donors (Lipinski definition) is 2. The fraction of sp³-hybridized carbons (Fsp3) is 0.238. The van der Waals surface area contributed by atoms with E-state index >= 15 is 0 Å². The molecule has 0 aliphatic carbocycles. The second kappa shape index (κ2) is 10.0. The molecular weight excluding hydrogens is 405 g/mol. The van der Waals surface area contributed by atoms with Crippen LogP contribution in [0.25, 0.3) is 0 Å². The van der Waals surface area contributed by atoms with Crippen molar-refractivity contribution in [3.05, 3.63) is 65.7 Å². The van der Waals surface area contributed by atoms with Crippen LogP contribution in [0.1, 0.15) is 17.8 Å². The summed E-state index contributed by atoms with van der Waals surface area (Å²) < 4.78 is 15.4. The summed E-state index contributed by atoms with van der Waals surface area (Å²) >= 11 is 1.27. The lowest BCUT2D eigenvalue weighted by atomic mass is 10.2. The van der Waals surface area contributed by atoms with E-state index in [1.165, 1.54) is 23.9 Å². The molecular formula is C21H22FN5O2S. The van der Waals surface area contributed by atoms with Gasteiger partial charge in [-0.25, -0.2) is 4.39 Å². The molecule has 3 aromatic rings. The smallest absolute Gasteiger partial charge is 0.234 e. The Balaban J connectivity index is 1.49. The van der Waals surface area contributed by atoms with Crippen molar-refractivity contribution in [2.75, 3.05) is 16.4 Å². The topological polar surface area (TPSA) is 88.9 Å². The van der Waals surface area contributed by atoms with Gasteiger partial charge in [-0.1, -0.05) is 42.1 Å². The van der Waals surface area contributed by atoms with Gasteiger partial charge in [0.1, 0.15) is 11.6 Å². The highest BCUT2D eigenvalue weighted by Crippen LogP contribution is 2.19. The summed E-state index contributed by atoms with van der Waals surface area (Å²) in [5, 5.41) is 14.2. The van der Waals surface area contributed by atoms with Gasteiger partial charge in [0, 0.05) is 25.6 Å². The average Bonchev–Trinajstić information content (AvgIpc) is 3.08. The van der Waals surface area contributed by atoms with E-state index < -0.39 is 5.82 Å². The zero-order valence-electron chi connectivity index (χ0n) is 16.7. The summed E-state index contributed by atoms with van der Waals surface area (Å²) in [5.74, 6) is -0.126. The van der Waals surface area contributed by atoms with Crippen LogP contribution >= 0.6 is 11.8 Å². The van der Waals surface area contributed by atoms with Gasteiger partial charge in [0.25, 0.3) is 0 Å².